The largest absolute Gasteiger partial charge is 0.383 e. The van der Waals surface area contributed by atoms with Gasteiger partial charge in [-0.3, -0.25) is 9.36 Å². The number of thioether (sulfide) groups is 1. The summed E-state index contributed by atoms with van der Waals surface area (Å²) < 4.78 is 6.89. The van der Waals surface area contributed by atoms with Crippen molar-refractivity contribution in [2.24, 2.45) is 0 Å². The van der Waals surface area contributed by atoms with Gasteiger partial charge >= 0.3 is 0 Å². The van der Waals surface area contributed by atoms with Crippen molar-refractivity contribution >= 4 is 17.7 Å². The number of ether oxygens (including phenoxy) is 1. The van der Waals surface area contributed by atoms with Crippen LogP contribution in [0.3, 0.4) is 0 Å². The van der Waals surface area contributed by atoms with Gasteiger partial charge in [0, 0.05) is 13.2 Å². The van der Waals surface area contributed by atoms with Crippen molar-refractivity contribution in [3.63, 3.8) is 0 Å². The molecular weight excluding hydrogens is 300 g/mol. The Balaban J connectivity index is 1.99. The Morgan fingerprint density at radius 3 is 2.95 bits per heavy atom. The third-order valence-electron chi connectivity index (χ3n) is 3.05. The smallest absolute Gasteiger partial charge is 0.230 e. The zero-order chi connectivity index (χ0) is 15.9. The number of aryl methyl sites for hydroxylation is 1. The van der Waals surface area contributed by atoms with Gasteiger partial charge in [0.2, 0.25) is 5.91 Å². The van der Waals surface area contributed by atoms with Crippen LogP contribution < -0.4 is 5.32 Å². The molecule has 22 heavy (non-hydrogen) atoms. The van der Waals surface area contributed by atoms with E-state index in [1.165, 1.54) is 11.8 Å². The van der Waals surface area contributed by atoms with Gasteiger partial charge in [0.25, 0.3) is 0 Å². The lowest BCUT2D eigenvalue weighted by molar-refractivity contribution is -0.119. The number of amides is 1. The molecule has 1 amide bonds. The van der Waals surface area contributed by atoms with Gasteiger partial charge in [-0.25, -0.2) is 0 Å². The minimum absolute atomic E-state index is 0.00709. The summed E-state index contributed by atoms with van der Waals surface area (Å²) >= 11 is 1.36. The maximum absolute atomic E-state index is 11.9. The molecular formula is C15H20N4O2S. The van der Waals surface area contributed by atoms with Gasteiger partial charge in [-0.2, -0.15) is 0 Å². The molecule has 0 aliphatic carbocycles. The van der Waals surface area contributed by atoms with Gasteiger partial charge in [-0.1, -0.05) is 30.0 Å². The molecule has 2 aromatic rings. The van der Waals surface area contributed by atoms with Crippen LogP contribution in [0.4, 0.5) is 0 Å². The fraction of sp³-hybridized carbons (Fsp3) is 0.400. The number of rotatable bonds is 7. The third-order valence-corrected chi connectivity index (χ3v) is 3.99. The quantitative estimate of drug-likeness (QED) is 0.788. The van der Waals surface area contributed by atoms with Crippen molar-refractivity contribution in [3.8, 4) is 5.69 Å². The molecule has 0 saturated heterocycles. The summed E-state index contributed by atoms with van der Waals surface area (Å²) in [7, 11) is 1.61. The molecule has 1 atom stereocenters. The molecule has 0 aliphatic heterocycles. The van der Waals surface area contributed by atoms with E-state index in [-0.39, 0.29) is 11.9 Å². The van der Waals surface area contributed by atoms with Crippen molar-refractivity contribution < 1.29 is 9.53 Å². The van der Waals surface area contributed by atoms with Crippen molar-refractivity contribution in [2.75, 3.05) is 19.5 Å². The fourth-order valence-corrected chi connectivity index (χ4v) is 2.79. The van der Waals surface area contributed by atoms with Crippen LogP contribution in [0.25, 0.3) is 5.69 Å². The van der Waals surface area contributed by atoms with Gasteiger partial charge in [-0.05, 0) is 25.5 Å². The SMILES string of the molecule is COCC(C)NC(=O)CSc1nncn1-c1ccccc1C. The first kappa shape index (κ1) is 16.5. The summed E-state index contributed by atoms with van der Waals surface area (Å²) in [4.78, 5) is 11.9. The molecule has 0 fully saturated rings. The van der Waals surface area contributed by atoms with Crippen LogP contribution >= 0.6 is 11.8 Å². The van der Waals surface area contributed by atoms with E-state index in [2.05, 4.69) is 15.5 Å². The second-order valence-electron chi connectivity index (χ2n) is 4.98. The van der Waals surface area contributed by atoms with E-state index in [0.29, 0.717) is 17.5 Å². The minimum atomic E-state index is -0.0473. The number of aromatic nitrogens is 3. The summed E-state index contributed by atoms with van der Waals surface area (Å²) in [6, 6.07) is 7.98. The molecule has 1 N–H and O–H groups in total. The molecule has 0 aliphatic rings. The van der Waals surface area contributed by atoms with E-state index in [0.717, 1.165) is 11.3 Å². The van der Waals surface area contributed by atoms with Crippen molar-refractivity contribution in [1.29, 1.82) is 0 Å². The highest BCUT2D eigenvalue weighted by Crippen LogP contribution is 2.21. The minimum Gasteiger partial charge on any atom is -0.383 e. The molecule has 2 rings (SSSR count). The number of nitrogens with zero attached hydrogens (tertiary/aromatic N) is 3. The predicted octanol–water partition coefficient (Wildman–Crippen LogP) is 1.82. The Kier molecular flexibility index (Phi) is 5.97. The lowest BCUT2D eigenvalue weighted by atomic mass is 10.2. The zero-order valence-corrected chi connectivity index (χ0v) is 13.8. The second kappa shape index (κ2) is 7.95. The zero-order valence-electron chi connectivity index (χ0n) is 12.9. The molecule has 118 valence electrons. The van der Waals surface area contributed by atoms with Crippen molar-refractivity contribution in [2.45, 2.75) is 25.0 Å². The first-order valence-electron chi connectivity index (χ1n) is 6.99. The Morgan fingerprint density at radius 1 is 1.45 bits per heavy atom. The molecule has 1 aromatic carbocycles. The lowest BCUT2D eigenvalue weighted by Crippen LogP contribution is -2.36. The number of nitrogens with one attached hydrogen (secondary N) is 1. The van der Waals surface area contributed by atoms with Crippen LogP contribution in [0, 0.1) is 6.92 Å². The molecule has 0 radical (unpaired) electrons. The summed E-state index contributed by atoms with van der Waals surface area (Å²) in [6.07, 6.45) is 1.66. The van der Waals surface area contributed by atoms with E-state index in [4.69, 9.17) is 4.74 Å². The molecule has 1 unspecified atom stereocenters. The highest BCUT2D eigenvalue weighted by Gasteiger charge is 2.12. The van der Waals surface area contributed by atoms with Crippen LogP contribution in [-0.2, 0) is 9.53 Å². The second-order valence-corrected chi connectivity index (χ2v) is 5.93. The van der Waals surface area contributed by atoms with E-state index in [1.807, 2.05) is 42.7 Å². The summed E-state index contributed by atoms with van der Waals surface area (Å²) in [6.45, 7) is 4.43. The van der Waals surface area contributed by atoms with E-state index in [9.17, 15) is 4.79 Å². The van der Waals surface area contributed by atoms with Gasteiger partial charge in [-0.15, -0.1) is 10.2 Å². The van der Waals surface area contributed by atoms with Gasteiger partial charge in [0.15, 0.2) is 5.16 Å². The maximum atomic E-state index is 11.9. The van der Waals surface area contributed by atoms with E-state index >= 15 is 0 Å². The van der Waals surface area contributed by atoms with Gasteiger partial charge in [0.1, 0.15) is 6.33 Å². The highest BCUT2D eigenvalue weighted by atomic mass is 32.2. The summed E-state index contributed by atoms with van der Waals surface area (Å²) in [5, 5.41) is 11.6. The van der Waals surface area contributed by atoms with Crippen molar-refractivity contribution in [3.05, 3.63) is 36.2 Å². The van der Waals surface area contributed by atoms with Gasteiger partial charge in [0.05, 0.1) is 18.0 Å². The summed E-state index contributed by atoms with van der Waals surface area (Å²) in [5.74, 6) is 0.243. The van der Waals surface area contributed by atoms with Gasteiger partial charge < -0.3 is 10.1 Å². The third kappa shape index (κ3) is 4.32. The number of methoxy groups -OCH3 is 1. The monoisotopic (exact) mass is 320 g/mol. The molecule has 0 saturated carbocycles. The Bertz CT molecular complexity index is 630. The first-order valence-corrected chi connectivity index (χ1v) is 7.97. The maximum Gasteiger partial charge on any atom is 0.230 e. The molecule has 0 spiro atoms. The number of carbonyl (C=O) groups excluding carboxylic acids is 1. The normalized spacial score (nSPS) is 12.1. The number of benzene rings is 1. The van der Waals surface area contributed by atoms with Crippen LogP contribution in [0.15, 0.2) is 35.7 Å². The molecule has 0 bridgehead atoms. The molecule has 6 nitrogen and oxygen atoms in total. The fourth-order valence-electron chi connectivity index (χ4n) is 2.06. The van der Waals surface area contributed by atoms with Crippen molar-refractivity contribution in [1.82, 2.24) is 20.1 Å². The summed E-state index contributed by atoms with van der Waals surface area (Å²) in [5.41, 5.74) is 2.14. The van der Waals surface area contributed by atoms with E-state index in [1.54, 1.807) is 13.4 Å². The average Bonchev–Trinajstić information content (AvgIpc) is 2.94. The van der Waals surface area contributed by atoms with Crippen LogP contribution in [-0.4, -0.2) is 46.2 Å². The van der Waals surface area contributed by atoms with E-state index < -0.39 is 0 Å². The molecule has 1 heterocycles. The predicted molar refractivity (Wildman–Crippen MR) is 86.3 cm³/mol. The molecule has 7 heteroatoms. The Hall–Kier alpha value is -1.86. The standard InChI is InChI=1S/C15H20N4O2S/c1-11-6-4-5-7-13(11)19-10-16-18-15(19)22-9-14(20)17-12(2)8-21-3/h4-7,10,12H,8-9H2,1-3H3,(H,17,20). The Morgan fingerprint density at radius 2 is 2.23 bits per heavy atom. The average molecular weight is 320 g/mol. The highest BCUT2D eigenvalue weighted by molar-refractivity contribution is 7.99. The first-order chi connectivity index (χ1) is 10.6. The lowest BCUT2D eigenvalue weighted by Gasteiger charge is -2.12. The molecule has 1 aromatic heterocycles. The number of hydrogen-bond acceptors (Lipinski definition) is 5. The van der Waals surface area contributed by atoms with Crippen LogP contribution in [0.2, 0.25) is 0 Å². The number of para-hydroxylation sites is 1. The van der Waals surface area contributed by atoms with Crippen LogP contribution in [0.1, 0.15) is 12.5 Å². The number of hydrogen-bond donors (Lipinski definition) is 1. The topological polar surface area (TPSA) is 69.0 Å². The van der Waals surface area contributed by atoms with Crippen LogP contribution in [0.5, 0.6) is 0 Å². The number of carbonyl (C=O) groups is 1. The Labute approximate surface area is 134 Å².